The van der Waals surface area contributed by atoms with Crippen LogP contribution in [0.15, 0.2) is 12.3 Å². The summed E-state index contributed by atoms with van der Waals surface area (Å²) in [7, 11) is 0. The molecule has 0 spiro atoms. The van der Waals surface area contributed by atoms with Gasteiger partial charge >= 0.3 is 6.18 Å². The van der Waals surface area contributed by atoms with Gasteiger partial charge in [0.05, 0.1) is 11.3 Å². The van der Waals surface area contributed by atoms with Crippen LogP contribution in [0.1, 0.15) is 18.9 Å². The van der Waals surface area contributed by atoms with E-state index in [2.05, 4.69) is 10.3 Å². The van der Waals surface area contributed by atoms with Gasteiger partial charge < -0.3 is 11.1 Å². The molecular weight excluding hydrogens is 207 g/mol. The van der Waals surface area contributed by atoms with Crippen molar-refractivity contribution in [3.05, 3.63) is 17.8 Å². The zero-order valence-electron chi connectivity index (χ0n) is 8.23. The number of hydrogen-bond acceptors (Lipinski definition) is 3. The molecule has 0 aliphatic rings. The lowest BCUT2D eigenvalue weighted by molar-refractivity contribution is -0.137. The average Bonchev–Trinajstić information content (AvgIpc) is 2.12. The topological polar surface area (TPSA) is 50.9 Å². The molecule has 0 fully saturated rings. The molecule has 0 unspecified atom stereocenters. The Kier molecular flexibility index (Phi) is 3.39. The van der Waals surface area contributed by atoms with Gasteiger partial charge in [-0.2, -0.15) is 13.2 Å². The molecule has 15 heavy (non-hydrogen) atoms. The van der Waals surface area contributed by atoms with E-state index in [1.165, 1.54) is 6.07 Å². The highest BCUT2D eigenvalue weighted by atomic mass is 19.4. The van der Waals surface area contributed by atoms with E-state index in [1.807, 2.05) is 6.92 Å². The summed E-state index contributed by atoms with van der Waals surface area (Å²) in [5, 5.41) is 2.67. The van der Waals surface area contributed by atoms with E-state index in [1.54, 1.807) is 0 Å². The number of hydrogen-bond donors (Lipinski definition) is 2. The van der Waals surface area contributed by atoms with Gasteiger partial charge in [-0.15, -0.1) is 0 Å². The minimum absolute atomic E-state index is 0.0168. The number of pyridine rings is 1. The van der Waals surface area contributed by atoms with Crippen molar-refractivity contribution >= 4 is 11.5 Å². The van der Waals surface area contributed by atoms with Gasteiger partial charge in [0.1, 0.15) is 5.82 Å². The van der Waals surface area contributed by atoms with Gasteiger partial charge in [-0.05, 0) is 6.42 Å². The van der Waals surface area contributed by atoms with E-state index >= 15 is 0 Å². The summed E-state index contributed by atoms with van der Waals surface area (Å²) in [6.07, 6.45) is -2.93. The second-order valence-electron chi connectivity index (χ2n) is 3.08. The van der Waals surface area contributed by atoms with Gasteiger partial charge in [0, 0.05) is 18.8 Å². The van der Waals surface area contributed by atoms with Crippen LogP contribution in [0.2, 0.25) is 0 Å². The minimum atomic E-state index is -4.41. The Balaban J connectivity index is 3.03. The van der Waals surface area contributed by atoms with Crippen molar-refractivity contribution in [1.29, 1.82) is 0 Å². The third-order valence-corrected chi connectivity index (χ3v) is 1.80. The van der Waals surface area contributed by atoms with Crippen LogP contribution >= 0.6 is 0 Å². The van der Waals surface area contributed by atoms with E-state index in [0.29, 0.717) is 6.54 Å². The van der Waals surface area contributed by atoms with Crippen molar-refractivity contribution in [3.63, 3.8) is 0 Å². The summed E-state index contributed by atoms with van der Waals surface area (Å²) in [5.74, 6) is 0.0709. The van der Waals surface area contributed by atoms with E-state index < -0.39 is 11.7 Å². The van der Waals surface area contributed by atoms with E-state index in [-0.39, 0.29) is 11.5 Å². The lowest BCUT2D eigenvalue weighted by atomic mass is 10.2. The second-order valence-corrected chi connectivity index (χ2v) is 3.08. The van der Waals surface area contributed by atoms with Crippen LogP contribution < -0.4 is 11.1 Å². The molecule has 0 aromatic carbocycles. The largest absolute Gasteiger partial charge is 0.419 e. The van der Waals surface area contributed by atoms with Crippen molar-refractivity contribution in [1.82, 2.24) is 4.98 Å². The average molecular weight is 219 g/mol. The first-order valence-corrected chi connectivity index (χ1v) is 4.51. The number of aromatic nitrogens is 1. The van der Waals surface area contributed by atoms with Crippen molar-refractivity contribution < 1.29 is 13.2 Å². The summed E-state index contributed by atoms with van der Waals surface area (Å²) in [6.45, 7) is 2.33. The van der Waals surface area contributed by atoms with Crippen LogP contribution in [0.25, 0.3) is 0 Å². The number of nitrogens with two attached hydrogens (primary N) is 1. The summed E-state index contributed by atoms with van der Waals surface area (Å²) >= 11 is 0. The predicted octanol–water partition coefficient (Wildman–Crippen LogP) is 2.50. The Morgan fingerprint density at radius 2 is 2.13 bits per heavy atom. The number of nitrogen functional groups attached to an aromatic ring is 1. The Bertz CT molecular complexity index is 336. The fourth-order valence-electron chi connectivity index (χ4n) is 1.10. The molecule has 0 radical (unpaired) electrons. The van der Waals surface area contributed by atoms with E-state index in [4.69, 9.17) is 5.73 Å². The second kappa shape index (κ2) is 4.37. The molecule has 0 aliphatic heterocycles. The van der Waals surface area contributed by atoms with Crippen molar-refractivity contribution in [2.45, 2.75) is 19.5 Å². The Labute approximate surface area is 85.5 Å². The standard InChI is InChI=1S/C9H12F3N3/c1-2-3-14-7-4-8(13)15-5-6(7)9(10,11)12/h4-5H,2-3H2,1H3,(H3,13,14,15). The molecule has 1 heterocycles. The molecule has 0 bridgehead atoms. The molecule has 84 valence electrons. The summed E-state index contributed by atoms with van der Waals surface area (Å²) in [5.41, 5.74) is 4.52. The van der Waals surface area contributed by atoms with Crippen molar-refractivity contribution in [3.8, 4) is 0 Å². The van der Waals surface area contributed by atoms with Crippen LogP contribution in [0, 0.1) is 0 Å². The maximum atomic E-state index is 12.5. The lowest BCUT2D eigenvalue weighted by Gasteiger charge is -2.13. The fourth-order valence-corrected chi connectivity index (χ4v) is 1.10. The molecule has 0 saturated carbocycles. The first-order chi connectivity index (χ1) is 6.95. The molecule has 1 rings (SSSR count). The Morgan fingerprint density at radius 3 is 2.67 bits per heavy atom. The normalized spacial score (nSPS) is 11.5. The monoisotopic (exact) mass is 219 g/mol. The number of anilines is 2. The first kappa shape index (κ1) is 11.6. The van der Waals surface area contributed by atoms with Crippen LogP contribution in [0.3, 0.4) is 0 Å². The smallest absolute Gasteiger partial charge is 0.384 e. The molecule has 0 atom stereocenters. The van der Waals surface area contributed by atoms with Crippen LogP contribution in [0.5, 0.6) is 0 Å². The minimum Gasteiger partial charge on any atom is -0.384 e. The summed E-state index contributed by atoms with van der Waals surface area (Å²) < 4.78 is 37.5. The number of halogens is 3. The molecule has 6 heteroatoms. The van der Waals surface area contributed by atoms with Gasteiger partial charge in [0.25, 0.3) is 0 Å². The quantitative estimate of drug-likeness (QED) is 0.821. The highest BCUT2D eigenvalue weighted by molar-refractivity contribution is 5.56. The zero-order valence-corrected chi connectivity index (χ0v) is 8.23. The number of rotatable bonds is 3. The van der Waals surface area contributed by atoms with Gasteiger partial charge in [0.15, 0.2) is 0 Å². The Hall–Kier alpha value is -1.46. The zero-order chi connectivity index (χ0) is 11.5. The molecule has 0 aliphatic carbocycles. The molecular formula is C9H12F3N3. The Morgan fingerprint density at radius 1 is 1.47 bits per heavy atom. The number of nitrogens with zero attached hydrogens (tertiary/aromatic N) is 1. The molecule has 3 N–H and O–H groups in total. The highest BCUT2D eigenvalue weighted by Gasteiger charge is 2.34. The van der Waals surface area contributed by atoms with Crippen molar-refractivity contribution in [2.24, 2.45) is 0 Å². The van der Waals surface area contributed by atoms with Gasteiger partial charge in [-0.25, -0.2) is 4.98 Å². The molecule has 0 saturated heterocycles. The van der Waals surface area contributed by atoms with E-state index in [9.17, 15) is 13.2 Å². The van der Waals surface area contributed by atoms with Gasteiger partial charge in [-0.3, -0.25) is 0 Å². The molecule has 1 aromatic rings. The van der Waals surface area contributed by atoms with E-state index in [0.717, 1.165) is 12.6 Å². The van der Waals surface area contributed by atoms with Crippen LogP contribution in [0.4, 0.5) is 24.7 Å². The first-order valence-electron chi connectivity index (χ1n) is 4.51. The summed E-state index contributed by atoms with van der Waals surface area (Å²) in [4.78, 5) is 3.43. The molecule has 3 nitrogen and oxygen atoms in total. The molecule has 0 amide bonds. The van der Waals surface area contributed by atoms with Crippen molar-refractivity contribution in [2.75, 3.05) is 17.6 Å². The van der Waals surface area contributed by atoms with Gasteiger partial charge in [-0.1, -0.05) is 6.92 Å². The molecule has 1 aromatic heterocycles. The number of nitrogens with one attached hydrogen (secondary N) is 1. The summed E-state index contributed by atoms with van der Waals surface area (Å²) in [6, 6.07) is 1.19. The maximum Gasteiger partial charge on any atom is 0.419 e. The number of alkyl halides is 3. The van der Waals surface area contributed by atoms with Crippen LogP contribution in [-0.4, -0.2) is 11.5 Å². The highest BCUT2D eigenvalue weighted by Crippen LogP contribution is 2.34. The third kappa shape index (κ3) is 3.00. The lowest BCUT2D eigenvalue weighted by Crippen LogP contribution is -2.12. The SMILES string of the molecule is CCCNc1cc(N)ncc1C(F)(F)F. The fraction of sp³-hybridized carbons (Fsp3) is 0.444. The van der Waals surface area contributed by atoms with Crippen LogP contribution in [-0.2, 0) is 6.18 Å². The van der Waals surface area contributed by atoms with Gasteiger partial charge in [0.2, 0.25) is 0 Å². The maximum absolute atomic E-state index is 12.5. The predicted molar refractivity (Wildman–Crippen MR) is 52.4 cm³/mol. The third-order valence-electron chi connectivity index (χ3n) is 1.80.